The molecule has 1 saturated carbocycles. The second-order valence-corrected chi connectivity index (χ2v) is 5.65. The fourth-order valence-electron chi connectivity index (χ4n) is 1.42. The molecule has 15 heavy (non-hydrogen) atoms. The topological polar surface area (TPSA) is 66.4 Å². The number of carbonyl (C=O) groups excluding carboxylic acids is 1. The Morgan fingerprint density at radius 2 is 1.93 bits per heavy atom. The van der Waals surface area contributed by atoms with Gasteiger partial charge in [0.25, 0.3) is 0 Å². The molecule has 1 amide bonds. The maximum absolute atomic E-state index is 11.6. The monoisotopic (exact) mass is 213 g/mol. The second-order valence-electron chi connectivity index (χ2n) is 5.65. The summed E-state index contributed by atoms with van der Waals surface area (Å²) in [7, 11) is 0. The van der Waals surface area contributed by atoms with Gasteiger partial charge in [0.2, 0.25) is 5.91 Å². The third kappa shape index (κ3) is 2.70. The van der Waals surface area contributed by atoms with E-state index < -0.39 is 11.4 Å². The van der Waals surface area contributed by atoms with Gasteiger partial charge in [0.15, 0.2) is 0 Å². The Morgan fingerprint density at radius 3 is 2.27 bits per heavy atom. The van der Waals surface area contributed by atoms with Crippen LogP contribution in [0.5, 0.6) is 0 Å². The maximum atomic E-state index is 11.6. The van der Waals surface area contributed by atoms with E-state index in [1.165, 1.54) is 0 Å². The average Bonchev–Trinajstić information content (AvgIpc) is 2.71. The van der Waals surface area contributed by atoms with Crippen molar-refractivity contribution in [1.29, 1.82) is 0 Å². The highest BCUT2D eigenvalue weighted by Gasteiger charge is 2.50. The molecule has 0 bridgehead atoms. The minimum Gasteiger partial charge on any atom is -0.481 e. The SMILES string of the molecule is CC(C)(CNC(=O)[C@H]1CC1(C)C)C(=O)O. The highest BCUT2D eigenvalue weighted by atomic mass is 16.4. The normalized spacial score (nSPS) is 23.3. The molecule has 1 aliphatic rings. The summed E-state index contributed by atoms with van der Waals surface area (Å²) in [5, 5.41) is 11.6. The van der Waals surface area contributed by atoms with Gasteiger partial charge in [-0.3, -0.25) is 9.59 Å². The molecular formula is C11H19NO3. The number of carboxylic acids is 1. The van der Waals surface area contributed by atoms with E-state index in [1.807, 2.05) is 13.8 Å². The van der Waals surface area contributed by atoms with Crippen LogP contribution in [0.15, 0.2) is 0 Å². The summed E-state index contributed by atoms with van der Waals surface area (Å²) in [5.74, 6) is -0.853. The van der Waals surface area contributed by atoms with Crippen LogP contribution >= 0.6 is 0 Å². The number of hydrogen-bond donors (Lipinski definition) is 2. The lowest BCUT2D eigenvalue weighted by Gasteiger charge is -2.19. The van der Waals surface area contributed by atoms with Crippen LogP contribution in [0.2, 0.25) is 0 Å². The zero-order chi connectivity index (χ0) is 11.9. The number of hydrogen-bond acceptors (Lipinski definition) is 2. The van der Waals surface area contributed by atoms with Gasteiger partial charge in [-0.2, -0.15) is 0 Å². The molecule has 0 heterocycles. The summed E-state index contributed by atoms with van der Waals surface area (Å²) < 4.78 is 0. The van der Waals surface area contributed by atoms with Crippen LogP contribution < -0.4 is 5.32 Å². The predicted octanol–water partition coefficient (Wildman–Crippen LogP) is 1.26. The number of rotatable bonds is 4. The third-order valence-corrected chi connectivity index (χ3v) is 3.11. The van der Waals surface area contributed by atoms with Crippen molar-refractivity contribution in [3.63, 3.8) is 0 Å². The molecule has 0 aromatic rings. The third-order valence-electron chi connectivity index (χ3n) is 3.11. The minimum atomic E-state index is -0.894. The molecule has 1 fully saturated rings. The predicted molar refractivity (Wildman–Crippen MR) is 56.3 cm³/mol. The molecule has 0 unspecified atom stereocenters. The van der Waals surface area contributed by atoms with Gasteiger partial charge in [0, 0.05) is 12.5 Å². The molecule has 0 saturated heterocycles. The van der Waals surface area contributed by atoms with Crippen LogP contribution in [0, 0.1) is 16.7 Å². The fourth-order valence-corrected chi connectivity index (χ4v) is 1.42. The molecular weight excluding hydrogens is 194 g/mol. The molecule has 4 nitrogen and oxygen atoms in total. The van der Waals surface area contributed by atoms with E-state index in [4.69, 9.17) is 5.11 Å². The highest BCUT2D eigenvalue weighted by molar-refractivity contribution is 5.83. The van der Waals surface area contributed by atoms with Crippen LogP contribution in [0.25, 0.3) is 0 Å². The zero-order valence-corrected chi connectivity index (χ0v) is 9.76. The van der Waals surface area contributed by atoms with E-state index >= 15 is 0 Å². The van der Waals surface area contributed by atoms with Crippen molar-refractivity contribution < 1.29 is 14.7 Å². The van der Waals surface area contributed by atoms with E-state index in [2.05, 4.69) is 5.32 Å². The van der Waals surface area contributed by atoms with Crippen LogP contribution in [0.1, 0.15) is 34.1 Å². The Labute approximate surface area is 90.0 Å². The maximum Gasteiger partial charge on any atom is 0.310 e. The van der Waals surface area contributed by atoms with Gasteiger partial charge in [0.05, 0.1) is 5.41 Å². The Bertz CT molecular complexity index is 294. The molecule has 1 rings (SSSR count). The van der Waals surface area contributed by atoms with Crippen molar-refractivity contribution in [1.82, 2.24) is 5.32 Å². The van der Waals surface area contributed by atoms with E-state index in [0.717, 1.165) is 6.42 Å². The van der Waals surface area contributed by atoms with Crippen LogP contribution in [-0.2, 0) is 9.59 Å². The fraction of sp³-hybridized carbons (Fsp3) is 0.818. The molecule has 0 aromatic carbocycles. The van der Waals surface area contributed by atoms with Gasteiger partial charge in [0.1, 0.15) is 0 Å². The molecule has 0 aliphatic heterocycles. The van der Waals surface area contributed by atoms with E-state index in [1.54, 1.807) is 13.8 Å². The van der Waals surface area contributed by atoms with Crippen LogP contribution in [0.4, 0.5) is 0 Å². The number of aliphatic carboxylic acids is 1. The van der Waals surface area contributed by atoms with Gasteiger partial charge in [-0.1, -0.05) is 13.8 Å². The van der Waals surface area contributed by atoms with Crippen molar-refractivity contribution in [2.45, 2.75) is 34.1 Å². The zero-order valence-electron chi connectivity index (χ0n) is 9.76. The second kappa shape index (κ2) is 3.51. The summed E-state index contributed by atoms with van der Waals surface area (Å²) in [5.41, 5.74) is -0.799. The average molecular weight is 213 g/mol. The summed E-state index contributed by atoms with van der Waals surface area (Å²) >= 11 is 0. The molecule has 0 aromatic heterocycles. The molecule has 1 atom stereocenters. The highest BCUT2D eigenvalue weighted by Crippen LogP contribution is 2.51. The van der Waals surface area contributed by atoms with Crippen molar-refractivity contribution in [3.05, 3.63) is 0 Å². The lowest BCUT2D eigenvalue weighted by molar-refractivity contribution is -0.146. The number of nitrogens with one attached hydrogen (secondary N) is 1. The van der Waals surface area contributed by atoms with Crippen molar-refractivity contribution in [3.8, 4) is 0 Å². The van der Waals surface area contributed by atoms with Crippen LogP contribution in [0.3, 0.4) is 0 Å². The molecule has 0 radical (unpaired) electrons. The summed E-state index contributed by atoms with van der Waals surface area (Å²) in [4.78, 5) is 22.4. The number of carboxylic acid groups (broad SMARTS) is 1. The first-order valence-electron chi connectivity index (χ1n) is 5.18. The van der Waals surface area contributed by atoms with Gasteiger partial charge >= 0.3 is 5.97 Å². The minimum absolute atomic E-state index is 0.0191. The van der Waals surface area contributed by atoms with Gasteiger partial charge in [-0.25, -0.2) is 0 Å². The Morgan fingerprint density at radius 1 is 1.47 bits per heavy atom. The summed E-state index contributed by atoms with van der Waals surface area (Å²) in [6, 6.07) is 0. The van der Waals surface area contributed by atoms with E-state index in [-0.39, 0.29) is 23.8 Å². The van der Waals surface area contributed by atoms with Crippen LogP contribution in [-0.4, -0.2) is 23.5 Å². The van der Waals surface area contributed by atoms with Gasteiger partial charge in [-0.15, -0.1) is 0 Å². The lowest BCUT2D eigenvalue weighted by atomic mass is 9.94. The lowest BCUT2D eigenvalue weighted by Crippen LogP contribution is -2.39. The van der Waals surface area contributed by atoms with Crippen molar-refractivity contribution in [2.75, 3.05) is 6.54 Å². The molecule has 86 valence electrons. The molecule has 1 aliphatic carbocycles. The Balaban J connectivity index is 2.39. The van der Waals surface area contributed by atoms with Gasteiger partial charge < -0.3 is 10.4 Å². The largest absolute Gasteiger partial charge is 0.481 e. The first-order valence-corrected chi connectivity index (χ1v) is 5.18. The summed E-state index contributed by atoms with van der Waals surface area (Å²) in [6.07, 6.45) is 0.895. The van der Waals surface area contributed by atoms with Crippen molar-refractivity contribution >= 4 is 11.9 Å². The van der Waals surface area contributed by atoms with Crippen molar-refractivity contribution in [2.24, 2.45) is 16.7 Å². The molecule has 4 heteroatoms. The standard InChI is InChI=1S/C11H19NO3/c1-10(2)5-7(10)8(13)12-6-11(3,4)9(14)15/h7H,5-6H2,1-4H3,(H,12,13)(H,14,15)/t7-/m1/s1. The Kier molecular flexibility index (Phi) is 2.81. The summed E-state index contributed by atoms with van der Waals surface area (Å²) in [6.45, 7) is 7.48. The quantitative estimate of drug-likeness (QED) is 0.738. The smallest absolute Gasteiger partial charge is 0.310 e. The van der Waals surface area contributed by atoms with E-state index in [9.17, 15) is 9.59 Å². The first kappa shape index (κ1) is 12.0. The number of amides is 1. The van der Waals surface area contributed by atoms with Gasteiger partial charge in [-0.05, 0) is 25.7 Å². The van der Waals surface area contributed by atoms with E-state index in [0.29, 0.717) is 0 Å². The molecule has 2 N–H and O–H groups in total. The number of carbonyl (C=O) groups is 2. The first-order chi connectivity index (χ1) is 6.67. The Hall–Kier alpha value is -1.06. The molecule has 0 spiro atoms.